The molecule has 0 amide bonds. The average molecular weight is 395 g/mol. The highest BCUT2D eigenvalue weighted by Crippen LogP contribution is 2.50. The first-order valence-electron chi connectivity index (χ1n) is 11.4. The van der Waals surface area contributed by atoms with E-state index in [1.54, 1.807) is 6.92 Å². The molecule has 0 aliphatic heterocycles. The Balaban J connectivity index is 1.43. The summed E-state index contributed by atoms with van der Waals surface area (Å²) in [6.45, 7) is 1.60. The Bertz CT molecular complexity index is 787. The predicted octanol–water partition coefficient (Wildman–Crippen LogP) is 5.18. The standard InChI is InChI=1S/C26H34O3/c1-17(27)21-9-5-6-18(13-21)12-19-14-22-16-26(29)23(24(22)15-19)10-11-25(28)20-7-3-2-4-8-20/h5-6,9-13,20,22-26,28-29H,2-4,7-8,14-16H2,1H3/b11-10+,19-12+. The highest BCUT2D eigenvalue weighted by atomic mass is 16.3. The third-order valence-corrected chi connectivity index (χ3v) is 7.44. The van der Waals surface area contributed by atoms with Crippen LogP contribution < -0.4 is 0 Å². The van der Waals surface area contributed by atoms with Gasteiger partial charge in [0.25, 0.3) is 0 Å². The van der Waals surface area contributed by atoms with Crippen molar-refractivity contribution in [3.05, 3.63) is 53.1 Å². The molecule has 0 bridgehead atoms. The first kappa shape index (κ1) is 20.6. The van der Waals surface area contributed by atoms with Crippen molar-refractivity contribution in [1.29, 1.82) is 0 Å². The van der Waals surface area contributed by atoms with E-state index in [0.717, 1.165) is 43.2 Å². The van der Waals surface area contributed by atoms with Crippen molar-refractivity contribution in [3.8, 4) is 0 Å². The first-order valence-corrected chi connectivity index (χ1v) is 11.4. The fourth-order valence-electron chi connectivity index (χ4n) is 5.85. The lowest BCUT2D eigenvalue weighted by Crippen LogP contribution is -2.22. The molecule has 1 aromatic rings. The number of carbonyl (C=O) groups is 1. The molecule has 0 saturated heterocycles. The fourth-order valence-corrected chi connectivity index (χ4v) is 5.85. The number of hydrogen-bond acceptors (Lipinski definition) is 3. The molecule has 0 aromatic heterocycles. The van der Waals surface area contributed by atoms with Gasteiger partial charge in [0.05, 0.1) is 12.2 Å². The van der Waals surface area contributed by atoms with Gasteiger partial charge >= 0.3 is 0 Å². The van der Waals surface area contributed by atoms with Crippen LogP contribution >= 0.6 is 0 Å². The Morgan fingerprint density at radius 1 is 1.17 bits per heavy atom. The second-order valence-corrected chi connectivity index (χ2v) is 9.47. The van der Waals surface area contributed by atoms with Gasteiger partial charge in [0.2, 0.25) is 0 Å². The highest BCUT2D eigenvalue weighted by molar-refractivity contribution is 5.94. The van der Waals surface area contributed by atoms with Crippen LogP contribution in [0.3, 0.4) is 0 Å². The molecule has 0 spiro atoms. The van der Waals surface area contributed by atoms with Crippen LogP contribution in [-0.4, -0.2) is 28.2 Å². The third kappa shape index (κ3) is 4.73. The monoisotopic (exact) mass is 394 g/mol. The van der Waals surface area contributed by atoms with E-state index in [2.05, 4.69) is 18.2 Å². The molecule has 4 rings (SSSR count). The van der Waals surface area contributed by atoms with Gasteiger partial charge in [-0.2, -0.15) is 0 Å². The minimum Gasteiger partial charge on any atom is -0.392 e. The van der Waals surface area contributed by atoms with Crippen molar-refractivity contribution in [1.82, 2.24) is 0 Å². The maximum absolute atomic E-state index is 11.6. The Kier molecular flexibility index (Phi) is 6.36. The molecule has 29 heavy (non-hydrogen) atoms. The molecule has 0 heterocycles. The summed E-state index contributed by atoms with van der Waals surface area (Å²) in [5.74, 6) is 1.61. The molecule has 0 radical (unpaired) electrons. The van der Waals surface area contributed by atoms with E-state index >= 15 is 0 Å². The minimum atomic E-state index is -0.368. The average Bonchev–Trinajstić information content (AvgIpc) is 3.23. The van der Waals surface area contributed by atoms with Gasteiger partial charge in [0, 0.05) is 11.5 Å². The summed E-state index contributed by atoms with van der Waals surface area (Å²) in [4.78, 5) is 11.6. The van der Waals surface area contributed by atoms with Gasteiger partial charge in [0.1, 0.15) is 0 Å². The lowest BCUT2D eigenvalue weighted by Gasteiger charge is -2.25. The van der Waals surface area contributed by atoms with E-state index in [1.165, 1.54) is 24.8 Å². The lowest BCUT2D eigenvalue weighted by atomic mass is 9.84. The summed E-state index contributed by atoms with van der Waals surface area (Å²) in [6.07, 6.45) is 14.5. The number of allylic oxidation sites excluding steroid dienone is 1. The largest absolute Gasteiger partial charge is 0.392 e. The van der Waals surface area contributed by atoms with E-state index in [-0.39, 0.29) is 23.9 Å². The quantitative estimate of drug-likeness (QED) is 0.535. The van der Waals surface area contributed by atoms with Crippen molar-refractivity contribution >= 4 is 11.9 Å². The number of Topliss-reactive ketones (excluding diaryl/α,β-unsaturated/α-hetero) is 1. The van der Waals surface area contributed by atoms with Gasteiger partial charge < -0.3 is 10.2 Å². The van der Waals surface area contributed by atoms with Crippen LogP contribution in [0, 0.1) is 23.7 Å². The van der Waals surface area contributed by atoms with Gasteiger partial charge in [0.15, 0.2) is 5.78 Å². The second-order valence-electron chi connectivity index (χ2n) is 9.47. The molecule has 156 valence electrons. The lowest BCUT2D eigenvalue weighted by molar-refractivity contribution is 0.101. The molecule has 3 aliphatic carbocycles. The van der Waals surface area contributed by atoms with Crippen molar-refractivity contribution in [2.75, 3.05) is 0 Å². The number of fused-ring (bicyclic) bond motifs is 1. The fraction of sp³-hybridized carbons (Fsp3) is 0.577. The Morgan fingerprint density at radius 2 is 1.97 bits per heavy atom. The van der Waals surface area contributed by atoms with Crippen LogP contribution in [0.15, 0.2) is 42.0 Å². The summed E-state index contributed by atoms with van der Waals surface area (Å²) in [7, 11) is 0. The van der Waals surface area contributed by atoms with Crippen LogP contribution in [0.25, 0.3) is 6.08 Å². The second kappa shape index (κ2) is 8.97. The van der Waals surface area contributed by atoms with Crippen LogP contribution in [0.5, 0.6) is 0 Å². The van der Waals surface area contributed by atoms with E-state index < -0.39 is 0 Å². The maximum Gasteiger partial charge on any atom is 0.159 e. The summed E-state index contributed by atoms with van der Waals surface area (Å²) in [6, 6.07) is 7.83. The van der Waals surface area contributed by atoms with E-state index in [4.69, 9.17) is 0 Å². The van der Waals surface area contributed by atoms with Crippen LogP contribution in [-0.2, 0) is 0 Å². The molecule has 5 unspecified atom stereocenters. The van der Waals surface area contributed by atoms with Crippen LogP contribution in [0.1, 0.15) is 74.2 Å². The molecule has 3 heteroatoms. The predicted molar refractivity (Wildman–Crippen MR) is 116 cm³/mol. The van der Waals surface area contributed by atoms with Crippen molar-refractivity contribution in [2.24, 2.45) is 23.7 Å². The summed E-state index contributed by atoms with van der Waals surface area (Å²) < 4.78 is 0. The Morgan fingerprint density at radius 3 is 2.72 bits per heavy atom. The molecule has 2 N–H and O–H groups in total. The van der Waals surface area contributed by atoms with Crippen molar-refractivity contribution < 1.29 is 15.0 Å². The number of hydrogen-bond donors (Lipinski definition) is 2. The molecule has 5 atom stereocenters. The number of ketones is 1. The smallest absolute Gasteiger partial charge is 0.159 e. The van der Waals surface area contributed by atoms with Gasteiger partial charge in [-0.1, -0.05) is 61.3 Å². The topological polar surface area (TPSA) is 57.5 Å². The van der Waals surface area contributed by atoms with Crippen LogP contribution in [0.2, 0.25) is 0 Å². The number of benzene rings is 1. The number of aliphatic hydroxyl groups is 2. The molecule has 3 nitrogen and oxygen atoms in total. The summed E-state index contributed by atoms with van der Waals surface area (Å²) in [5.41, 5.74) is 3.26. The molecule has 1 aromatic carbocycles. The molecular weight excluding hydrogens is 360 g/mol. The zero-order valence-corrected chi connectivity index (χ0v) is 17.5. The third-order valence-electron chi connectivity index (χ3n) is 7.44. The molecule has 3 fully saturated rings. The summed E-state index contributed by atoms with van der Waals surface area (Å²) >= 11 is 0. The Hall–Kier alpha value is -1.71. The van der Waals surface area contributed by atoms with Gasteiger partial charge in [-0.25, -0.2) is 0 Å². The highest BCUT2D eigenvalue weighted by Gasteiger charge is 2.45. The molecule has 3 saturated carbocycles. The van der Waals surface area contributed by atoms with Crippen molar-refractivity contribution in [3.63, 3.8) is 0 Å². The van der Waals surface area contributed by atoms with E-state index in [9.17, 15) is 15.0 Å². The first-order chi connectivity index (χ1) is 14.0. The minimum absolute atomic E-state index is 0.0957. The Labute approximate surface area is 174 Å². The van der Waals surface area contributed by atoms with Gasteiger partial charge in [-0.15, -0.1) is 0 Å². The summed E-state index contributed by atoms with van der Waals surface area (Å²) in [5, 5.41) is 21.2. The zero-order valence-electron chi connectivity index (χ0n) is 17.5. The number of aliphatic hydroxyl groups excluding tert-OH is 2. The molecule has 3 aliphatic rings. The van der Waals surface area contributed by atoms with Gasteiger partial charge in [-0.05, 0) is 68.4 Å². The number of rotatable bonds is 5. The van der Waals surface area contributed by atoms with E-state index in [0.29, 0.717) is 17.8 Å². The van der Waals surface area contributed by atoms with Gasteiger partial charge in [-0.3, -0.25) is 4.79 Å². The SMILES string of the molecule is CC(=O)c1cccc(/C=C2\CC3CC(O)C(/C=C/C(O)C4CCCCC4)C3C2)c1. The zero-order chi connectivity index (χ0) is 20.4. The molecular formula is C26H34O3. The van der Waals surface area contributed by atoms with E-state index in [1.807, 2.05) is 24.3 Å². The normalized spacial score (nSPS) is 32.7. The number of carbonyl (C=O) groups excluding carboxylic acids is 1. The maximum atomic E-state index is 11.6. The van der Waals surface area contributed by atoms with Crippen molar-refractivity contribution in [2.45, 2.75) is 70.5 Å². The van der Waals surface area contributed by atoms with Crippen LogP contribution in [0.4, 0.5) is 0 Å².